The van der Waals surface area contributed by atoms with E-state index < -0.39 is 6.04 Å². The molecule has 0 fully saturated rings. The SMILES string of the molecule is CC1=C(C(=O)Nc2ccc(Br)cn2)C(c2cn(-c3ccccc3)nc2-c2ccc(F)cc2)n2ncnc2N1. The average Bonchev–Trinajstić information content (AvgIpc) is 3.58. The molecule has 0 spiro atoms. The van der Waals surface area contributed by atoms with Crippen molar-refractivity contribution in [3.63, 3.8) is 0 Å². The van der Waals surface area contributed by atoms with Gasteiger partial charge in [0.15, 0.2) is 0 Å². The average molecular weight is 571 g/mol. The Balaban J connectivity index is 1.52. The molecule has 0 saturated carbocycles. The molecule has 6 rings (SSSR count). The molecule has 2 N–H and O–H groups in total. The first-order valence-corrected chi connectivity index (χ1v) is 12.5. The van der Waals surface area contributed by atoms with E-state index in [0.717, 1.165) is 10.2 Å². The maximum absolute atomic E-state index is 13.8. The van der Waals surface area contributed by atoms with E-state index in [2.05, 4.69) is 41.6 Å². The van der Waals surface area contributed by atoms with Crippen molar-refractivity contribution in [1.82, 2.24) is 29.5 Å². The number of hydrogen-bond acceptors (Lipinski definition) is 6. The molecule has 0 saturated heterocycles. The molecule has 0 radical (unpaired) electrons. The number of allylic oxidation sites excluding steroid dienone is 1. The van der Waals surface area contributed by atoms with E-state index in [-0.39, 0.29) is 11.7 Å². The van der Waals surface area contributed by atoms with Crippen molar-refractivity contribution >= 4 is 33.6 Å². The first-order chi connectivity index (χ1) is 18.5. The third-order valence-corrected chi connectivity index (χ3v) is 6.65. The highest BCUT2D eigenvalue weighted by molar-refractivity contribution is 9.10. The van der Waals surface area contributed by atoms with Crippen LogP contribution in [0.25, 0.3) is 16.9 Å². The first kappa shape index (κ1) is 23.7. The zero-order valence-corrected chi connectivity index (χ0v) is 21.6. The largest absolute Gasteiger partial charge is 0.328 e. The van der Waals surface area contributed by atoms with E-state index in [0.29, 0.717) is 39.9 Å². The second-order valence-electron chi connectivity index (χ2n) is 8.63. The van der Waals surface area contributed by atoms with Crippen LogP contribution in [0, 0.1) is 5.82 Å². The molecular weight excluding hydrogens is 551 g/mol. The molecule has 0 bridgehead atoms. The van der Waals surface area contributed by atoms with Crippen molar-refractivity contribution in [3.05, 3.63) is 113 Å². The number of aromatic nitrogens is 6. The Hall–Kier alpha value is -4.64. The fraction of sp³-hybridized carbons (Fsp3) is 0.0741. The maximum atomic E-state index is 13.8. The summed E-state index contributed by atoms with van der Waals surface area (Å²) in [4.78, 5) is 22.4. The Bertz CT molecular complexity index is 1660. The first-order valence-electron chi connectivity index (χ1n) is 11.7. The summed E-state index contributed by atoms with van der Waals surface area (Å²) in [5.41, 5.74) is 3.85. The maximum Gasteiger partial charge on any atom is 0.257 e. The van der Waals surface area contributed by atoms with Gasteiger partial charge in [0.1, 0.15) is 24.0 Å². The van der Waals surface area contributed by atoms with E-state index >= 15 is 0 Å². The van der Waals surface area contributed by atoms with Gasteiger partial charge in [-0.3, -0.25) is 4.79 Å². The van der Waals surface area contributed by atoms with Crippen molar-refractivity contribution in [2.75, 3.05) is 10.6 Å². The summed E-state index contributed by atoms with van der Waals surface area (Å²) in [6, 6.07) is 18.6. The van der Waals surface area contributed by atoms with Crippen molar-refractivity contribution < 1.29 is 9.18 Å². The minimum Gasteiger partial charge on any atom is -0.328 e. The number of nitrogens with zero attached hydrogens (tertiary/aromatic N) is 6. The molecule has 4 heterocycles. The van der Waals surface area contributed by atoms with Gasteiger partial charge in [0.05, 0.1) is 17.0 Å². The van der Waals surface area contributed by atoms with Gasteiger partial charge in [-0.2, -0.15) is 15.2 Å². The molecule has 9 nitrogen and oxygen atoms in total. The number of anilines is 2. The number of rotatable bonds is 5. The highest BCUT2D eigenvalue weighted by Gasteiger charge is 2.36. The molecule has 1 aliphatic heterocycles. The third-order valence-electron chi connectivity index (χ3n) is 6.18. The quantitative estimate of drug-likeness (QED) is 0.295. The van der Waals surface area contributed by atoms with Gasteiger partial charge in [0, 0.05) is 33.7 Å². The lowest BCUT2D eigenvalue weighted by Crippen LogP contribution is -2.31. The van der Waals surface area contributed by atoms with Gasteiger partial charge < -0.3 is 10.6 Å². The lowest BCUT2D eigenvalue weighted by molar-refractivity contribution is -0.113. The van der Waals surface area contributed by atoms with Crippen molar-refractivity contribution in [1.29, 1.82) is 0 Å². The van der Waals surface area contributed by atoms with Crippen LogP contribution in [0.5, 0.6) is 0 Å². The van der Waals surface area contributed by atoms with Crippen LogP contribution in [-0.4, -0.2) is 35.4 Å². The second kappa shape index (κ2) is 9.67. The van der Waals surface area contributed by atoms with Crippen LogP contribution in [0.4, 0.5) is 16.2 Å². The molecule has 5 aromatic rings. The van der Waals surface area contributed by atoms with E-state index in [1.807, 2.05) is 43.5 Å². The number of carbonyl (C=O) groups excluding carboxylic acids is 1. The standard InChI is InChI=1S/C27H20BrFN8O/c1-16-23(26(38)34-22-12-9-18(28)13-30-22)25(37-27(33-16)31-15-32-37)21-14-36(20-5-3-2-4-6-20)35-24(21)17-7-10-19(29)11-8-17/h2-15,25H,1H3,(H,30,34,38)(H,31,32,33). The van der Waals surface area contributed by atoms with Gasteiger partial charge in [0.25, 0.3) is 5.91 Å². The van der Waals surface area contributed by atoms with E-state index in [1.165, 1.54) is 18.5 Å². The molecular formula is C27H20BrFN8O. The van der Waals surface area contributed by atoms with Crippen molar-refractivity contribution in [3.8, 4) is 16.9 Å². The minimum absolute atomic E-state index is 0.351. The lowest BCUT2D eigenvalue weighted by Gasteiger charge is -2.28. The predicted octanol–water partition coefficient (Wildman–Crippen LogP) is 5.36. The number of halogens is 2. The molecule has 0 aliphatic carbocycles. The summed E-state index contributed by atoms with van der Waals surface area (Å²) in [6.45, 7) is 1.81. The van der Waals surface area contributed by atoms with Gasteiger partial charge in [0.2, 0.25) is 5.95 Å². The van der Waals surface area contributed by atoms with Crippen LogP contribution >= 0.6 is 15.9 Å². The summed E-state index contributed by atoms with van der Waals surface area (Å²) in [5, 5.41) is 15.4. The summed E-state index contributed by atoms with van der Waals surface area (Å²) in [6.07, 6.45) is 4.91. The van der Waals surface area contributed by atoms with Crippen LogP contribution in [0.2, 0.25) is 0 Å². The third kappa shape index (κ3) is 4.37. The van der Waals surface area contributed by atoms with E-state index in [4.69, 9.17) is 5.10 Å². The van der Waals surface area contributed by atoms with Crippen molar-refractivity contribution in [2.24, 2.45) is 0 Å². The van der Waals surface area contributed by atoms with E-state index in [1.54, 1.807) is 39.8 Å². The highest BCUT2D eigenvalue weighted by Crippen LogP contribution is 2.39. The second-order valence-corrected chi connectivity index (χ2v) is 9.55. The predicted molar refractivity (Wildman–Crippen MR) is 144 cm³/mol. The van der Waals surface area contributed by atoms with Crippen LogP contribution in [0.15, 0.2) is 101 Å². The number of para-hydroxylation sites is 1. The van der Waals surface area contributed by atoms with Gasteiger partial charge in [-0.25, -0.2) is 18.7 Å². The van der Waals surface area contributed by atoms with Gasteiger partial charge in [-0.1, -0.05) is 18.2 Å². The van der Waals surface area contributed by atoms with Crippen LogP contribution in [-0.2, 0) is 4.79 Å². The Labute approximate surface area is 225 Å². The zero-order chi connectivity index (χ0) is 26.2. The van der Waals surface area contributed by atoms with Crippen LogP contribution in [0.1, 0.15) is 18.5 Å². The molecule has 38 heavy (non-hydrogen) atoms. The Morgan fingerprint density at radius 2 is 1.84 bits per heavy atom. The summed E-state index contributed by atoms with van der Waals surface area (Å²) < 4.78 is 18.0. The number of hydrogen-bond donors (Lipinski definition) is 2. The van der Waals surface area contributed by atoms with Crippen molar-refractivity contribution in [2.45, 2.75) is 13.0 Å². The smallest absolute Gasteiger partial charge is 0.257 e. The van der Waals surface area contributed by atoms with E-state index in [9.17, 15) is 9.18 Å². The number of pyridine rings is 1. The number of amides is 1. The highest BCUT2D eigenvalue weighted by atomic mass is 79.9. The van der Waals surface area contributed by atoms with Crippen LogP contribution < -0.4 is 10.6 Å². The number of fused-ring (bicyclic) bond motifs is 1. The van der Waals surface area contributed by atoms with Crippen LogP contribution in [0.3, 0.4) is 0 Å². The number of nitrogens with one attached hydrogen (secondary N) is 2. The topological polar surface area (TPSA) is 103 Å². The normalized spacial score (nSPS) is 14.7. The number of carbonyl (C=O) groups is 1. The molecule has 188 valence electrons. The fourth-order valence-corrected chi connectivity index (χ4v) is 4.67. The summed E-state index contributed by atoms with van der Waals surface area (Å²) in [5.74, 6) is 0.188. The molecule has 1 amide bonds. The van der Waals surface area contributed by atoms with Gasteiger partial charge in [-0.05, 0) is 71.4 Å². The molecule has 1 unspecified atom stereocenters. The fourth-order valence-electron chi connectivity index (χ4n) is 4.44. The lowest BCUT2D eigenvalue weighted by atomic mass is 9.93. The van der Waals surface area contributed by atoms with Gasteiger partial charge in [-0.15, -0.1) is 0 Å². The Morgan fingerprint density at radius 3 is 2.58 bits per heavy atom. The molecule has 1 aliphatic rings. The summed E-state index contributed by atoms with van der Waals surface area (Å²) >= 11 is 3.36. The Kier molecular flexibility index (Phi) is 6.04. The monoisotopic (exact) mass is 570 g/mol. The zero-order valence-electron chi connectivity index (χ0n) is 20.0. The van der Waals surface area contributed by atoms with Gasteiger partial charge >= 0.3 is 0 Å². The number of benzene rings is 2. The molecule has 3 aromatic heterocycles. The molecule has 11 heteroatoms. The molecule has 2 aromatic carbocycles. The minimum atomic E-state index is -0.679. The summed E-state index contributed by atoms with van der Waals surface area (Å²) in [7, 11) is 0. The molecule has 1 atom stereocenters. The Morgan fingerprint density at radius 1 is 1.05 bits per heavy atom.